The predicted molar refractivity (Wildman–Crippen MR) is 72.1 cm³/mol. The molecular weight excluding hydrogens is 300 g/mol. The fourth-order valence-electron chi connectivity index (χ4n) is 1.88. The molecule has 0 radical (unpaired) electrons. The van der Waals surface area contributed by atoms with Crippen LogP contribution in [0.3, 0.4) is 0 Å². The van der Waals surface area contributed by atoms with Gasteiger partial charge in [0.25, 0.3) is 0 Å². The van der Waals surface area contributed by atoms with Gasteiger partial charge in [-0.1, -0.05) is 15.9 Å². The third-order valence-electron chi connectivity index (χ3n) is 2.76. The topological polar surface area (TPSA) is 55.8 Å². The van der Waals surface area contributed by atoms with Crippen molar-refractivity contribution in [2.75, 3.05) is 14.2 Å². The number of rotatable bonds is 6. The van der Waals surface area contributed by atoms with E-state index in [0.717, 1.165) is 10.8 Å². The molecule has 1 aromatic rings. The molecule has 100 valence electrons. The molecule has 0 saturated heterocycles. The minimum Gasteiger partial charge on any atom is -0.496 e. The maximum Gasteiger partial charge on any atom is 0.129 e. The molecule has 18 heavy (non-hydrogen) atoms. The highest BCUT2D eigenvalue weighted by Gasteiger charge is 2.30. The second-order valence-corrected chi connectivity index (χ2v) is 5.08. The number of ether oxygens (including phenoxy) is 2. The summed E-state index contributed by atoms with van der Waals surface area (Å²) >= 11 is 3.35. The van der Waals surface area contributed by atoms with Gasteiger partial charge >= 0.3 is 0 Å². The molecular formula is C13H17BrO4. The molecule has 4 nitrogen and oxygen atoms in total. The zero-order valence-corrected chi connectivity index (χ0v) is 12.3. The van der Waals surface area contributed by atoms with Gasteiger partial charge in [0.1, 0.15) is 17.8 Å². The molecule has 0 heterocycles. The molecule has 0 amide bonds. The van der Waals surface area contributed by atoms with Crippen LogP contribution in [0.4, 0.5) is 0 Å². The monoisotopic (exact) mass is 316 g/mol. The van der Waals surface area contributed by atoms with Gasteiger partial charge in [0, 0.05) is 10.9 Å². The number of aldehydes is 1. The van der Waals surface area contributed by atoms with Crippen molar-refractivity contribution in [1.82, 2.24) is 0 Å². The van der Waals surface area contributed by atoms with Crippen LogP contribution in [-0.4, -0.2) is 25.6 Å². The summed E-state index contributed by atoms with van der Waals surface area (Å²) in [6.07, 6.45) is 1.37. The number of hydrogen-bond donors (Lipinski definition) is 1. The van der Waals surface area contributed by atoms with E-state index in [-0.39, 0.29) is 6.42 Å². The number of halogens is 1. The van der Waals surface area contributed by atoms with E-state index in [1.165, 1.54) is 14.2 Å². The summed E-state index contributed by atoms with van der Waals surface area (Å²) in [6.45, 7) is 1.64. The first-order valence-corrected chi connectivity index (χ1v) is 6.33. The van der Waals surface area contributed by atoms with E-state index in [1.54, 1.807) is 19.1 Å². The van der Waals surface area contributed by atoms with E-state index in [4.69, 9.17) is 9.47 Å². The van der Waals surface area contributed by atoms with Crippen molar-refractivity contribution in [3.63, 3.8) is 0 Å². The van der Waals surface area contributed by atoms with Crippen molar-refractivity contribution < 1.29 is 19.4 Å². The van der Waals surface area contributed by atoms with Gasteiger partial charge in [-0.3, -0.25) is 0 Å². The molecule has 0 bridgehead atoms. The Bertz CT molecular complexity index is 404. The number of benzene rings is 1. The van der Waals surface area contributed by atoms with Gasteiger partial charge in [-0.2, -0.15) is 0 Å². The molecule has 1 unspecified atom stereocenters. The standard InChI is InChI=1S/C13H17BrO4/c1-13(16,5-4-6-15)12-10(17-2)7-9(14)8-11(12)18-3/h6-8,16H,4-5H2,1-3H3. The first-order valence-electron chi connectivity index (χ1n) is 5.54. The summed E-state index contributed by atoms with van der Waals surface area (Å²) in [5.74, 6) is 1.05. The summed E-state index contributed by atoms with van der Waals surface area (Å²) in [7, 11) is 3.06. The summed E-state index contributed by atoms with van der Waals surface area (Å²) in [6, 6.07) is 3.51. The van der Waals surface area contributed by atoms with E-state index in [0.29, 0.717) is 23.5 Å². The van der Waals surface area contributed by atoms with E-state index in [2.05, 4.69) is 15.9 Å². The Kier molecular flexibility index (Phi) is 5.16. The van der Waals surface area contributed by atoms with Crippen molar-refractivity contribution in [2.24, 2.45) is 0 Å². The van der Waals surface area contributed by atoms with Crippen molar-refractivity contribution >= 4 is 22.2 Å². The van der Waals surface area contributed by atoms with Crippen LogP contribution in [0.5, 0.6) is 11.5 Å². The normalized spacial score (nSPS) is 13.8. The van der Waals surface area contributed by atoms with E-state index in [1.807, 2.05) is 0 Å². The predicted octanol–water partition coefficient (Wildman–Crippen LogP) is 2.65. The Morgan fingerprint density at radius 3 is 2.22 bits per heavy atom. The minimum atomic E-state index is -1.18. The zero-order chi connectivity index (χ0) is 13.8. The average molecular weight is 317 g/mol. The molecule has 0 saturated carbocycles. The van der Waals surface area contributed by atoms with Crippen LogP contribution in [0.25, 0.3) is 0 Å². The largest absolute Gasteiger partial charge is 0.496 e. The highest BCUT2D eigenvalue weighted by atomic mass is 79.9. The smallest absolute Gasteiger partial charge is 0.129 e. The van der Waals surface area contributed by atoms with Crippen LogP contribution in [0, 0.1) is 0 Å². The Hall–Kier alpha value is -1.07. The average Bonchev–Trinajstić information content (AvgIpc) is 2.34. The molecule has 5 heteroatoms. The Labute approximate surface area is 115 Å². The lowest BCUT2D eigenvalue weighted by Gasteiger charge is -2.27. The molecule has 1 atom stereocenters. The molecule has 0 aliphatic rings. The lowest BCUT2D eigenvalue weighted by molar-refractivity contribution is -0.109. The van der Waals surface area contributed by atoms with Crippen LogP contribution in [0.1, 0.15) is 25.3 Å². The summed E-state index contributed by atoms with van der Waals surface area (Å²) in [5.41, 5.74) is -0.629. The molecule has 0 fully saturated rings. The fourth-order valence-corrected chi connectivity index (χ4v) is 2.29. The maximum atomic E-state index is 10.5. The van der Waals surface area contributed by atoms with Crippen molar-refractivity contribution in [3.8, 4) is 11.5 Å². The van der Waals surface area contributed by atoms with E-state index in [9.17, 15) is 9.90 Å². The van der Waals surface area contributed by atoms with Gasteiger partial charge in [0.2, 0.25) is 0 Å². The number of carbonyl (C=O) groups is 1. The van der Waals surface area contributed by atoms with Crippen LogP contribution in [-0.2, 0) is 10.4 Å². The maximum absolute atomic E-state index is 10.5. The third-order valence-corrected chi connectivity index (χ3v) is 3.22. The highest BCUT2D eigenvalue weighted by molar-refractivity contribution is 9.10. The van der Waals surface area contributed by atoms with Crippen molar-refractivity contribution in [2.45, 2.75) is 25.4 Å². The van der Waals surface area contributed by atoms with Gasteiger partial charge in [-0.15, -0.1) is 0 Å². The second-order valence-electron chi connectivity index (χ2n) is 4.16. The fraction of sp³-hybridized carbons (Fsp3) is 0.462. The van der Waals surface area contributed by atoms with Gasteiger partial charge in [0.05, 0.1) is 25.4 Å². The van der Waals surface area contributed by atoms with E-state index < -0.39 is 5.60 Å². The molecule has 1 N–H and O–H groups in total. The number of aliphatic hydroxyl groups is 1. The lowest BCUT2D eigenvalue weighted by Crippen LogP contribution is -2.23. The molecule has 1 rings (SSSR count). The number of carbonyl (C=O) groups excluding carboxylic acids is 1. The first-order chi connectivity index (χ1) is 8.46. The molecule has 0 aliphatic heterocycles. The summed E-state index contributed by atoms with van der Waals surface area (Å²) in [5, 5.41) is 10.5. The summed E-state index contributed by atoms with van der Waals surface area (Å²) < 4.78 is 11.4. The van der Waals surface area contributed by atoms with Crippen LogP contribution < -0.4 is 9.47 Å². The van der Waals surface area contributed by atoms with Gasteiger partial charge in [-0.05, 0) is 25.5 Å². The van der Waals surface area contributed by atoms with Crippen molar-refractivity contribution in [1.29, 1.82) is 0 Å². The Balaban J connectivity index is 3.31. The Morgan fingerprint density at radius 2 is 1.83 bits per heavy atom. The second kappa shape index (κ2) is 6.20. The molecule has 0 aliphatic carbocycles. The van der Waals surface area contributed by atoms with Gasteiger partial charge in [-0.25, -0.2) is 0 Å². The number of hydrogen-bond acceptors (Lipinski definition) is 4. The van der Waals surface area contributed by atoms with Crippen LogP contribution in [0.15, 0.2) is 16.6 Å². The summed E-state index contributed by atoms with van der Waals surface area (Å²) in [4.78, 5) is 10.5. The van der Waals surface area contributed by atoms with Gasteiger partial charge < -0.3 is 19.4 Å². The highest BCUT2D eigenvalue weighted by Crippen LogP contribution is 2.42. The number of methoxy groups -OCH3 is 2. The zero-order valence-electron chi connectivity index (χ0n) is 10.7. The SMILES string of the molecule is COc1cc(Br)cc(OC)c1C(C)(O)CCC=O. The first kappa shape index (κ1) is 15.0. The minimum absolute atomic E-state index is 0.273. The van der Waals surface area contributed by atoms with Gasteiger partial charge in [0.15, 0.2) is 0 Å². The van der Waals surface area contributed by atoms with Crippen molar-refractivity contribution in [3.05, 3.63) is 22.2 Å². The van der Waals surface area contributed by atoms with Crippen LogP contribution >= 0.6 is 15.9 Å². The van der Waals surface area contributed by atoms with E-state index >= 15 is 0 Å². The van der Waals surface area contributed by atoms with Crippen LogP contribution in [0.2, 0.25) is 0 Å². The lowest BCUT2D eigenvalue weighted by atomic mass is 9.89. The Morgan fingerprint density at radius 1 is 1.33 bits per heavy atom. The third kappa shape index (κ3) is 3.23. The quantitative estimate of drug-likeness (QED) is 0.820. The molecule has 0 spiro atoms. The molecule has 1 aromatic carbocycles. The molecule has 0 aromatic heterocycles.